The van der Waals surface area contributed by atoms with Gasteiger partial charge in [-0.15, -0.1) is 0 Å². The van der Waals surface area contributed by atoms with E-state index in [0.29, 0.717) is 0 Å². The Labute approximate surface area is 305 Å². The summed E-state index contributed by atoms with van der Waals surface area (Å²) in [6.45, 7) is 14.5. The van der Waals surface area contributed by atoms with Crippen LogP contribution >= 0.6 is 0 Å². The molecule has 2 N–H and O–H groups in total. The molecule has 0 bridgehead atoms. The monoisotopic (exact) mass is 672 g/mol. The molecule has 6 aromatic carbocycles. The number of fused-ring (bicyclic) bond motifs is 3. The van der Waals surface area contributed by atoms with Gasteiger partial charge >= 0.3 is 0 Å². The molecule has 0 fully saturated rings. The molecule has 0 spiro atoms. The summed E-state index contributed by atoms with van der Waals surface area (Å²) in [4.78, 5) is 2.29. The molecule has 0 atom stereocenters. The lowest BCUT2D eigenvalue weighted by atomic mass is 10.0. The molecule has 1 aromatic heterocycles. The van der Waals surface area contributed by atoms with Crippen LogP contribution in [0.1, 0.15) is 23.6 Å². The van der Waals surface area contributed by atoms with E-state index in [9.17, 15) is 0 Å². The fourth-order valence-corrected chi connectivity index (χ4v) is 6.78. The molecule has 0 aliphatic rings. The van der Waals surface area contributed by atoms with Crippen LogP contribution in [0.5, 0.6) is 0 Å². The van der Waals surface area contributed by atoms with Crippen LogP contribution in [0.4, 0.5) is 28.4 Å². The molecule has 4 nitrogen and oxygen atoms in total. The van der Waals surface area contributed by atoms with E-state index in [0.717, 1.165) is 83.8 Å². The molecular formula is C48H40N4. The molecule has 0 saturated carbocycles. The first-order valence-corrected chi connectivity index (χ1v) is 17.3. The number of allylic oxidation sites excluding steroid dienone is 6. The van der Waals surface area contributed by atoms with Gasteiger partial charge in [-0.3, -0.25) is 0 Å². The lowest BCUT2D eigenvalue weighted by molar-refractivity contribution is 1.18. The van der Waals surface area contributed by atoms with Crippen LogP contribution < -0.4 is 10.2 Å². The van der Waals surface area contributed by atoms with Crippen molar-refractivity contribution in [1.82, 2.24) is 4.57 Å². The Hall–Kier alpha value is -6.91. The van der Waals surface area contributed by atoms with Crippen molar-refractivity contribution in [3.05, 3.63) is 200 Å². The Morgan fingerprint density at radius 1 is 0.712 bits per heavy atom. The van der Waals surface area contributed by atoms with Gasteiger partial charge in [0.15, 0.2) is 0 Å². The summed E-state index contributed by atoms with van der Waals surface area (Å²) < 4.78 is 2.34. The van der Waals surface area contributed by atoms with E-state index in [1.807, 2.05) is 42.5 Å². The summed E-state index contributed by atoms with van der Waals surface area (Å²) in [5.74, 6) is 0. The van der Waals surface area contributed by atoms with Gasteiger partial charge in [-0.25, -0.2) is 0 Å². The third-order valence-electron chi connectivity index (χ3n) is 9.32. The van der Waals surface area contributed by atoms with Crippen molar-refractivity contribution in [2.75, 3.05) is 10.2 Å². The highest BCUT2D eigenvalue weighted by atomic mass is 15.1. The maximum atomic E-state index is 7.36. The molecule has 252 valence electrons. The molecule has 0 aliphatic carbocycles. The summed E-state index contributed by atoms with van der Waals surface area (Å²) in [6.07, 6.45) is 10.6. The van der Waals surface area contributed by atoms with Crippen molar-refractivity contribution in [1.29, 1.82) is 5.41 Å². The molecule has 0 aliphatic heterocycles. The Morgan fingerprint density at radius 3 is 1.98 bits per heavy atom. The molecular weight excluding hydrogens is 633 g/mol. The van der Waals surface area contributed by atoms with Crippen molar-refractivity contribution in [2.45, 2.75) is 6.92 Å². The number of aromatic nitrogens is 1. The maximum absolute atomic E-state index is 7.36. The zero-order valence-corrected chi connectivity index (χ0v) is 29.3. The Balaban J connectivity index is 1.43. The second-order valence-corrected chi connectivity index (χ2v) is 12.6. The number of anilines is 5. The topological polar surface area (TPSA) is 44.1 Å². The van der Waals surface area contributed by atoms with Crippen LogP contribution in [-0.4, -0.2) is 10.8 Å². The van der Waals surface area contributed by atoms with Crippen molar-refractivity contribution in [3.8, 4) is 5.69 Å². The fraction of sp³-hybridized carbons (Fsp3) is 0.0208. The van der Waals surface area contributed by atoms with Gasteiger partial charge in [-0.1, -0.05) is 111 Å². The predicted octanol–water partition coefficient (Wildman–Crippen LogP) is 13.4. The number of nitrogens with zero attached hydrogens (tertiary/aromatic N) is 2. The average molecular weight is 673 g/mol. The molecule has 0 radical (unpaired) electrons. The summed E-state index contributed by atoms with van der Waals surface area (Å²) in [5, 5.41) is 13.3. The van der Waals surface area contributed by atoms with Crippen LogP contribution in [0.25, 0.3) is 44.7 Å². The SMILES string of the molecule is C=C/C=C(\C)c1ccc(N(c2ccc(C(=C)/C=C\C=N)cc2)c2ccc3c(c2)c2ccc(Nc4ccccc4)c(C=C)c2n3-c2ccccc2)cc1. The van der Waals surface area contributed by atoms with Crippen LogP contribution in [0.2, 0.25) is 0 Å². The molecule has 0 amide bonds. The second-order valence-electron chi connectivity index (χ2n) is 12.6. The van der Waals surface area contributed by atoms with Crippen LogP contribution in [0.15, 0.2) is 184 Å². The van der Waals surface area contributed by atoms with Gasteiger partial charge in [0.25, 0.3) is 0 Å². The van der Waals surface area contributed by atoms with Gasteiger partial charge in [-0.05, 0) is 108 Å². The number of benzene rings is 6. The van der Waals surface area contributed by atoms with E-state index in [4.69, 9.17) is 5.41 Å². The molecule has 7 aromatic rings. The average Bonchev–Trinajstić information content (AvgIpc) is 3.52. The number of rotatable bonds is 12. The van der Waals surface area contributed by atoms with Crippen molar-refractivity contribution in [3.63, 3.8) is 0 Å². The van der Waals surface area contributed by atoms with E-state index < -0.39 is 0 Å². The number of nitrogens with one attached hydrogen (secondary N) is 2. The van der Waals surface area contributed by atoms with Crippen LogP contribution in [0, 0.1) is 5.41 Å². The fourth-order valence-electron chi connectivity index (χ4n) is 6.78. The van der Waals surface area contributed by atoms with Gasteiger partial charge < -0.3 is 20.2 Å². The van der Waals surface area contributed by atoms with Crippen molar-refractivity contribution >= 4 is 73.7 Å². The maximum Gasteiger partial charge on any atom is 0.0634 e. The number of hydrogen-bond donors (Lipinski definition) is 2. The molecule has 7 rings (SSSR count). The van der Waals surface area contributed by atoms with Gasteiger partial charge in [0.2, 0.25) is 0 Å². The molecule has 0 unspecified atom stereocenters. The van der Waals surface area contributed by atoms with E-state index in [1.54, 1.807) is 6.08 Å². The highest BCUT2D eigenvalue weighted by Gasteiger charge is 2.20. The second kappa shape index (κ2) is 14.9. The van der Waals surface area contributed by atoms with E-state index >= 15 is 0 Å². The molecule has 0 saturated heterocycles. The van der Waals surface area contributed by atoms with Crippen molar-refractivity contribution in [2.24, 2.45) is 0 Å². The Kier molecular flexibility index (Phi) is 9.63. The zero-order chi connectivity index (χ0) is 36.0. The molecule has 1 heterocycles. The van der Waals surface area contributed by atoms with Crippen LogP contribution in [0.3, 0.4) is 0 Å². The molecule has 52 heavy (non-hydrogen) atoms. The first kappa shape index (κ1) is 33.6. The van der Waals surface area contributed by atoms with Gasteiger partial charge in [0.05, 0.1) is 11.0 Å². The van der Waals surface area contributed by atoms with Gasteiger partial charge in [0.1, 0.15) is 0 Å². The minimum absolute atomic E-state index is 0.852. The lowest BCUT2D eigenvalue weighted by Gasteiger charge is -2.26. The standard InChI is InChI=1S/C48H40N4/c1-5-14-34(3)36-20-24-40(25-21-36)51(41-26-22-37(23-27-41)35(4)15-13-32-49)42-28-31-47-45(33-42)44-29-30-46(50-38-16-9-7-10-17-38)43(6-2)48(44)52(47)39-18-11-8-12-19-39/h5-33,49-50H,1-2,4H2,3H3/b15-13-,34-14+,49-32?. The van der Waals surface area contributed by atoms with E-state index in [2.05, 4.69) is 163 Å². The highest BCUT2D eigenvalue weighted by Crippen LogP contribution is 2.42. The largest absolute Gasteiger partial charge is 0.355 e. The zero-order valence-electron chi connectivity index (χ0n) is 29.3. The predicted molar refractivity (Wildman–Crippen MR) is 226 cm³/mol. The summed E-state index contributed by atoms with van der Waals surface area (Å²) in [5.41, 5.74) is 13.6. The lowest BCUT2D eigenvalue weighted by Crippen LogP contribution is -2.10. The summed E-state index contributed by atoms with van der Waals surface area (Å²) in [7, 11) is 0. The first-order valence-electron chi connectivity index (χ1n) is 17.3. The third kappa shape index (κ3) is 6.53. The highest BCUT2D eigenvalue weighted by molar-refractivity contribution is 6.14. The van der Waals surface area contributed by atoms with Gasteiger partial charge in [0, 0.05) is 56.7 Å². The summed E-state index contributed by atoms with van der Waals surface area (Å²) >= 11 is 0. The number of para-hydroxylation sites is 2. The third-order valence-corrected chi connectivity index (χ3v) is 9.32. The van der Waals surface area contributed by atoms with Crippen LogP contribution in [-0.2, 0) is 0 Å². The minimum Gasteiger partial charge on any atom is -0.355 e. The van der Waals surface area contributed by atoms with Crippen molar-refractivity contribution < 1.29 is 0 Å². The Bertz CT molecular complexity index is 2480. The van der Waals surface area contributed by atoms with E-state index in [1.165, 1.54) is 6.21 Å². The normalized spacial score (nSPS) is 11.5. The minimum atomic E-state index is 0.852. The molecule has 4 heteroatoms. The number of hydrogen-bond acceptors (Lipinski definition) is 3. The smallest absolute Gasteiger partial charge is 0.0634 e. The first-order chi connectivity index (χ1) is 25.5. The van der Waals surface area contributed by atoms with Gasteiger partial charge in [-0.2, -0.15) is 0 Å². The quantitative estimate of drug-likeness (QED) is 0.100. The summed E-state index contributed by atoms with van der Waals surface area (Å²) in [6, 6.07) is 48.9. The van der Waals surface area contributed by atoms with E-state index in [-0.39, 0.29) is 0 Å². The Morgan fingerprint density at radius 2 is 1.35 bits per heavy atom.